The molecule has 2 unspecified atom stereocenters. The second-order valence-corrected chi connectivity index (χ2v) is 8.56. The van der Waals surface area contributed by atoms with Crippen LogP contribution in [-0.2, 0) is 9.84 Å². The maximum atomic E-state index is 11.3. The zero-order chi connectivity index (χ0) is 12.5. The Bertz CT molecular complexity index is 483. The molecule has 0 amide bonds. The van der Waals surface area contributed by atoms with Gasteiger partial charge in [0.25, 0.3) is 0 Å². The Morgan fingerprint density at radius 1 is 1.65 bits per heavy atom. The van der Waals surface area contributed by atoms with Gasteiger partial charge in [0.05, 0.1) is 11.5 Å². The minimum atomic E-state index is -2.75. The molecule has 2 heterocycles. The fourth-order valence-corrected chi connectivity index (χ4v) is 5.70. The lowest BCUT2D eigenvalue weighted by Gasteiger charge is -2.15. The van der Waals surface area contributed by atoms with Crippen molar-refractivity contribution in [3.05, 3.63) is 20.8 Å². The fourth-order valence-electron chi connectivity index (χ4n) is 2.08. The minimum absolute atomic E-state index is 0.271. The molecule has 96 valence electrons. The average molecular weight is 338 g/mol. The van der Waals surface area contributed by atoms with Crippen LogP contribution < -0.4 is 5.32 Å². The molecule has 3 nitrogen and oxygen atoms in total. The highest BCUT2D eigenvalue weighted by atomic mass is 79.9. The third-order valence-electron chi connectivity index (χ3n) is 3.08. The van der Waals surface area contributed by atoms with Crippen molar-refractivity contribution in [1.29, 1.82) is 0 Å². The Morgan fingerprint density at radius 3 is 2.94 bits per heavy atom. The highest BCUT2D eigenvalue weighted by molar-refractivity contribution is 9.10. The van der Waals surface area contributed by atoms with Gasteiger partial charge in [-0.25, -0.2) is 8.42 Å². The third kappa shape index (κ3) is 3.53. The van der Waals surface area contributed by atoms with Gasteiger partial charge in [0.2, 0.25) is 0 Å². The van der Waals surface area contributed by atoms with E-state index in [0.717, 1.165) is 17.4 Å². The molecule has 0 aliphatic carbocycles. The monoisotopic (exact) mass is 337 g/mol. The number of rotatable bonds is 4. The van der Waals surface area contributed by atoms with Crippen LogP contribution in [0.2, 0.25) is 0 Å². The topological polar surface area (TPSA) is 46.2 Å². The van der Waals surface area contributed by atoms with Gasteiger partial charge >= 0.3 is 0 Å². The van der Waals surface area contributed by atoms with Crippen molar-refractivity contribution >= 4 is 37.1 Å². The molecule has 0 bridgehead atoms. The molecule has 6 heteroatoms. The number of halogens is 1. The molecule has 1 aromatic rings. The van der Waals surface area contributed by atoms with Gasteiger partial charge in [-0.05, 0) is 53.2 Å². The van der Waals surface area contributed by atoms with Gasteiger partial charge in [0, 0.05) is 15.4 Å². The third-order valence-corrected chi connectivity index (χ3v) is 6.97. The summed E-state index contributed by atoms with van der Waals surface area (Å²) in [6, 6.07) is 2.31. The van der Waals surface area contributed by atoms with Gasteiger partial charge < -0.3 is 5.32 Å². The van der Waals surface area contributed by atoms with Crippen LogP contribution in [0.4, 0.5) is 0 Å². The zero-order valence-corrected chi connectivity index (χ0v) is 12.9. The predicted octanol–water partition coefficient (Wildman–Crippen LogP) is 2.60. The lowest BCUT2D eigenvalue weighted by molar-refractivity contribution is 0.479. The second kappa shape index (κ2) is 5.38. The molecular weight excluding hydrogens is 322 g/mol. The molecule has 2 atom stereocenters. The Kier molecular flexibility index (Phi) is 4.28. The van der Waals surface area contributed by atoms with Gasteiger partial charge in [-0.15, -0.1) is 11.3 Å². The first-order chi connectivity index (χ1) is 7.98. The van der Waals surface area contributed by atoms with Crippen molar-refractivity contribution in [2.75, 3.05) is 18.1 Å². The molecule has 1 fully saturated rings. The smallest absolute Gasteiger partial charge is 0.150 e. The molecule has 1 saturated heterocycles. The SMILES string of the molecule is CC(NCC1CCS(=O)(=O)C1)c1sccc1Br. The molecule has 17 heavy (non-hydrogen) atoms. The van der Waals surface area contributed by atoms with Crippen LogP contribution in [-0.4, -0.2) is 26.5 Å². The summed E-state index contributed by atoms with van der Waals surface area (Å²) in [6.07, 6.45) is 0.799. The largest absolute Gasteiger partial charge is 0.309 e. The van der Waals surface area contributed by atoms with E-state index >= 15 is 0 Å². The highest BCUT2D eigenvalue weighted by Crippen LogP contribution is 2.29. The van der Waals surface area contributed by atoms with Crippen molar-refractivity contribution in [2.45, 2.75) is 19.4 Å². The summed E-state index contributed by atoms with van der Waals surface area (Å²) in [6.45, 7) is 2.89. The number of sulfone groups is 1. The van der Waals surface area contributed by atoms with E-state index in [1.807, 2.05) is 6.07 Å². The summed E-state index contributed by atoms with van der Waals surface area (Å²) in [4.78, 5) is 1.27. The van der Waals surface area contributed by atoms with Crippen LogP contribution in [0.1, 0.15) is 24.3 Å². The first kappa shape index (κ1) is 13.5. The van der Waals surface area contributed by atoms with Gasteiger partial charge in [0.15, 0.2) is 9.84 Å². The van der Waals surface area contributed by atoms with Gasteiger partial charge in [-0.3, -0.25) is 0 Å². The highest BCUT2D eigenvalue weighted by Gasteiger charge is 2.27. The zero-order valence-electron chi connectivity index (χ0n) is 9.65. The number of hydrogen-bond acceptors (Lipinski definition) is 4. The number of hydrogen-bond donors (Lipinski definition) is 1. The van der Waals surface area contributed by atoms with E-state index in [2.05, 4.69) is 33.6 Å². The van der Waals surface area contributed by atoms with E-state index < -0.39 is 9.84 Å². The lowest BCUT2D eigenvalue weighted by Crippen LogP contribution is -2.26. The fraction of sp³-hybridized carbons (Fsp3) is 0.636. The molecule has 0 spiro atoms. The van der Waals surface area contributed by atoms with Crippen molar-refractivity contribution in [3.63, 3.8) is 0 Å². The Hall–Kier alpha value is 0.0900. The molecule has 0 radical (unpaired) electrons. The Balaban J connectivity index is 1.85. The maximum absolute atomic E-state index is 11.3. The van der Waals surface area contributed by atoms with Crippen LogP contribution >= 0.6 is 27.3 Å². The summed E-state index contributed by atoms with van der Waals surface area (Å²) < 4.78 is 23.8. The first-order valence-electron chi connectivity index (χ1n) is 5.64. The Morgan fingerprint density at radius 2 is 2.41 bits per heavy atom. The van der Waals surface area contributed by atoms with Crippen molar-refractivity contribution in [1.82, 2.24) is 5.32 Å². The minimum Gasteiger partial charge on any atom is -0.309 e. The van der Waals surface area contributed by atoms with Gasteiger partial charge in [-0.1, -0.05) is 0 Å². The van der Waals surface area contributed by atoms with E-state index in [9.17, 15) is 8.42 Å². The summed E-state index contributed by atoms with van der Waals surface area (Å²) >= 11 is 5.23. The first-order valence-corrected chi connectivity index (χ1v) is 9.14. The number of thiophene rings is 1. The second-order valence-electron chi connectivity index (χ2n) is 4.53. The lowest BCUT2D eigenvalue weighted by atomic mass is 10.1. The van der Waals surface area contributed by atoms with Crippen molar-refractivity contribution in [2.24, 2.45) is 5.92 Å². The normalized spacial score (nSPS) is 24.9. The molecule has 1 N–H and O–H groups in total. The number of nitrogens with one attached hydrogen (secondary N) is 1. The Labute approximate surface area is 115 Å². The standard InChI is InChI=1S/C11H16BrNO2S2/c1-8(11-10(12)2-4-16-11)13-6-9-3-5-17(14,15)7-9/h2,4,8-9,13H,3,5-7H2,1H3. The van der Waals surface area contributed by atoms with Crippen LogP contribution in [0, 0.1) is 5.92 Å². The van der Waals surface area contributed by atoms with Crippen molar-refractivity contribution < 1.29 is 8.42 Å². The van der Waals surface area contributed by atoms with Crippen LogP contribution in [0.25, 0.3) is 0 Å². The summed E-state index contributed by atoms with van der Waals surface area (Å²) in [5.41, 5.74) is 0. The maximum Gasteiger partial charge on any atom is 0.150 e. The summed E-state index contributed by atoms with van der Waals surface area (Å²) in [5, 5.41) is 5.47. The van der Waals surface area contributed by atoms with E-state index in [-0.39, 0.29) is 12.0 Å². The average Bonchev–Trinajstić information content (AvgIpc) is 2.81. The van der Waals surface area contributed by atoms with Crippen LogP contribution in [0.3, 0.4) is 0 Å². The van der Waals surface area contributed by atoms with E-state index in [1.165, 1.54) is 4.88 Å². The van der Waals surface area contributed by atoms with Crippen molar-refractivity contribution in [3.8, 4) is 0 Å². The predicted molar refractivity (Wildman–Crippen MR) is 75.2 cm³/mol. The molecular formula is C11H16BrNO2S2. The van der Waals surface area contributed by atoms with Gasteiger partial charge in [0.1, 0.15) is 0 Å². The molecule has 1 aromatic heterocycles. The molecule has 0 saturated carbocycles. The van der Waals surface area contributed by atoms with E-state index in [4.69, 9.17) is 0 Å². The quantitative estimate of drug-likeness (QED) is 0.918. The molecule has 1 aliphatic rings. The van der Waals surface area contributed by atoms with E-state index in [1.54, 1.807) is 11.3 Å². The molecule has 0 aromatic carbocycles. The van der Waals surface area contributed by atoms with Crippen LogP contribution in [0.5, 0.6) is 0 Å². The molecule has 1 aliphatic heterocycles. The molecule has 2 rings (SSSR count). The van der Waals surface area contributed by atoms with E-state index in [0.29, 0.717) is 11.5 Å². The van der Waals surface area contributed by atoms with Gasteiger partial charge in [-0.2, -0.15) is 0 Å². The summed E-state index contributed by atoms with van der Waals surface area (Å²) in [7, 11) is -2.75. The summed E-state index contributed by atoms with van der Waals surface area (Å²) in [5.74, 6) is 0.982. The van der Waals surface area contributed by atoms with Crippen LogP contribution in [0.15, 0.2) is 15.9 Å².